The summed E-state index contributed by atoms with van der Waals surface area (Å²) >= 11 is 0. The molecule has 92 valence electrons. The minimum absolute atomic E-state index is 0.0109. The molecule has 4 nitrogen and oxygen atoms in total. The number of hydrogen-bond acceptors (Lipinski definition) is 4. The summed E-state index contributed by atoms with van der Waals surface area (Å²) in [5.74, 6) is 0.669. The van der Waals surface area contributed by atoms with Gasteiger partial charge in [0.25, 0.3) is 0 Å². The first-order chi connectivity index (χ1) is 7.81. The number of esters is 1. The van der Waals surface area contributed by atoms with Crippen LogP contribution in [0.4, 0.5) is 0 Å². The van der Waals surface area contributed by atoms with E-state index in [-0.39, 0.29) is 11.9 Å². The Morgan fingerprint density at radius 1 is 1.44 bits per heavy atom. The lowest BCUT2D eigenvalue weighted by Crippen LogP contribution is -2.48. The van der Waals surface area contributed by atoms with Gasteiger partial charge in [0.05, 0.1) is 13.0 Å². The maximum atomic E-state index is 11.8. The smallest absolute Gasteiger partial charge is 0.310 e. The molecule has 2 fully saturated rings. The van der Waals surface area contributed by atoms with E-state index in [0.29, 0.717) is 5.92 Å². The number of ether oxygens (including phenoxy) is 1. The van der Waals surface area contributed by atoms with Gasteiger partial charge in [0.15, 0.2) is 0 Å². The van der Waals surface area contributed by atoms with Crippen molar-refractivity contribution in [2.24, 2.45) is 11.8 Å². The number of nitrogens with zero attached hydrogens (tertiary/aromatic N) is 1. The van der Waals surface area contributed by atoms with Crippen molar-refractivity contribution in [1.29, 1.82) is 0 Å². The Labute approximate surface area is 97.3 Å². The van der Waals surface area contributed by atoms with Gasteiger partial charge in [-0.3, -0.25) is 9.69 Å². The summed E-state index contributed by atoms with van der Waals surface area (Å²) in [7, 11) is 1.51. The molecular weight excluding hydrogens is 204 g/mol. The molecule has 0 aromatic heterocycles. The van der Waals surface area contributed by atoms with Gasteiger partial charge in [-0.05, 0) is 18.8 Å². The van der Waals surface area contributed by atoms with Crippen LogP contribution in [-0.2, 0) is 9.53 Å². The number of rotatable bonds is 4. The maximum absolute atomic E-state index is 11.8. The molecule has 2 aliphatic rings. The Bertz CT molecular complexity index is 235. The van der Waals surface area contributed by atoms with Crippen molar-refractivity contribution in [2.75, 3.05) is 39.8 Å². The minimum Gasteiger partial charge on any atom is -0.469 e. The largest absolute Gasteiger partial charge is 0.469 e. The van der Waals surface area contributed by atoms with Crippen LogP contribution in [0.2, 0.25) is 0 Å². The van der Waals surface area contributed by atoms with Crippen molar-refractivity contribution in [2.45, 2.75) is 19.3 Å². The summed E-state index contributed by atoms with van der Waals surface area (Å²) in [6, 6.07) is 0. The van der Waals surface area contributed by atoms with Crippen LogP contribution in [-0.4, -0.2) is 50.7 Å². The fraction of sp³-hybridized carbons (Fsp3) is 0.917. The van der Waals surface area contributed by atoms with Gasteiger partial charge >= 0.3 is 5.97 Å². The molecule has 1 saturated carbocycles. The molecule has 16 heavy (non-hydrogen) atoms. The number of nitrogens with one attached hydrogen (secondary N) is 1. The van der Waals surface area contributed by atoms with Crippen LogP contribution in [0.3, 0.4) is 0 Å². The topological polar surface area (TPSA) is 41.6 Å². The highest BCUT2D eigenvalue weighted by molar-refractivity contribution is 5.73. The number of hydrogen-bond donors (Lipinski definition) is 1. The molecule has 1 heterocycles. The maximum Gasteiger partial charge on any atom is 0.310 e. The van der Waals surface area contributed by atoms with Gasteiger partial charge in [0, 0.05) is 32.7 Å². The first-order valence-electron chi connectivity index (χ1n) is 6.32. The van der Waals surface area contributed by atoms with Crippen LogP contribution in [0.25, 0.3) is 0 Å². The first-order valence-corrected chi connectivity index (χ1v) is 6.32. The zero-order valence-corrected chi connectivity index (χ0v) is 10.1. The van der Waals surface area contributed by atoms with Crippen LogP contribution in [0.15, 0.2) is 0 Å². The molecule has 0 amide bonds. The minimum atomic E-state index is -0.0109. The van der Waals surface area contributed by atoms with Crippen molar-refractivity contribution < 1.29 is 9.53 Å². The van der Waals surface area contributed by atoms with Crippen molar-refractivity contribution in [3.8, 4) is 0 Å². The lowest BCUT2D eigenvalue weighted by molar-refractivity contribution is -0.149. The highest BCUT2D eigenvalue weighted by Gasteiger charge is 2.34. The molecule has 1 saturated heterocycles. The molecule has 0 spiro atoms. The van der Waals surface area contributed by atoms with E-state index in [9.17, 15) is 4.79 Å². The van der Waals surface area contributed by atoms with E-state index in [1.165, 1.54) is 26.4 Å². The molecule has 0 bridgehead atoms. The molecule has 0 radical (unpaired) electrons. The monoisotopic (exact) mass is 226 g/mol. The average molecular weight is 226 g/mol. The zero-order chi connectivity index (χ0) is 11.4. The predicted molar refractivity (Wildman–Crippen MR) is 62.2 cm³/mol. The van der Waals surface area contributed by atoms with Crippen molar-refractivity contribution in [3.63, 3.8) is 0 Å². The second kappa shape index (κ2) is 5.64. The van der Waals surface area contributed by atoms with E-state index in [4.69, 9.17) is 4.74 Å². The summed E-state index contributed by atoms with van der Waals surface area (Å²) in [4.78, 5) is 14.1. The Morgan fingerprint density at radius 2 is 2.12 bits per heavy atom. The number of piperazine rings is 1. The van der Waals surface area contributed by atoms with E-state index < -0.39 is 0 Å². The van der Waals surface area contributed by atoms with Gasteiger partial charge in [-0.2, -0.15) is 0 Å². The molecule has 2 rings (SSSR count). The molecule has 0 aromatic rings. The van der Waals surface area contributed by atoms with E-state index >= 15 is 0 Å². The molecule has 1 unspecified atom stereocenters. The third-order valence-corrected chi connectivity index (χ3v) is 3.89. The van der Waals surface area contributed by atoms with Crippen molar-refractivity contribution in [3.05, 3.63) is 0 Å². The highest BCUT2D eigenvalue weighted by Crippen LogP contribution is 2.34. The summed E-state index contributed by atoms with van der Waals surface area (Å²) < 4.78 is 4.93. The fourth-order valence-electron chi connectivity index (χ4n) is 2.58. The van der Waals surface area contributed by atoms with Crippen LogP contribution >= 0.6 is 0 Å². The van der Waals surface area contributed by atoms with E-state index in [1.807, 2.05) is 0 Å². The quantitative estimate of drug-likeness (QED) is 0.708. The first kappa shape index (κ1) is 11.9. The van der Waals surface area contributed by atoms with Crippen LogP contribution < -0.4 is 5.32 Å². The molecule has 1 atom stereocenters. The van der Waals surface area contributed by atoms with Gasteiger partial charge in [-0.15, -0.1) is 0 Å². The Morgan fingerprint density at radius 3 is 2.62 bits per heavy atom. The second-order valence-electron chi connectivity index (χ2n) is 4.87. The third-order valence-electron chi connectivity index (χ3n) is 3.89. The molecule has 4 heteroatoms. The predicted octanol–water partition coefficient (Wildman–Crippen LogP) is 0.481. The fourth-order valence-corrected chi connectivity index (χ4v) is 2.58. The number of carbonyl (C=O) groups is 1. The lowest BCUT2D eigenvalue weighted by Gasteiger charge is -2.36. The Kier molecular flexibility index (Phi) is 4.18. The van der Waals surface area contributed by atoms with Gasteiger partial charge in [0.1, 0.15) is 0 Å². The molecule has 1 aliphatic heterocycles. The van der Waals surface area contributed by atoms with Crippen LogP contribution in [0, 0.1) is 11.8 Å². The summed E-state index contributed by atoms with van der Waals surface area (Å²) in [5.41, 5.74) is 0. The SMILES string of the molecule is COC(=O)C(CN1CCNCC1)C1CCC1. The van der Waals surface area contributed by atoms with Crippen molar-refractivity contribution in [1.82, 2.24) is 10.2 Å². The van der Waals surface area contributed by atoms with E-state index in [0.717, 1.165) is 32.7 Å². The standard InChI is InChI=1S/C12H22N2O2/c1-16-12(15)11(10-3-2-4-10)9-14-7-5-13-6-8-14/h10-11,13H,2-9H2,1H3. The zero-order valence-electron chi connectivity index (χ0n) is 10.1. The van der Waals surface area contributed by atoms with E-state index in [1.54, 1.807) is 0 Å². The van der Waals surface area contributed by atoms with Crippen molar-refractivity contribution >= 4 is 5.97 Å². The second-order valence-corrected chi connectivity index (χ2v) is 4.87. The molecular formula is C12H22N2O2. The normalized spacial score (nSPS) is 24.8. The number of carbonyl (C=O) groups excluding carboxylic acids is 1. The molecule has 1 aliphatic carbocycles. The third kappa shape index (κ3) is 2.74. The van der Waals surface area contributed by atoms with Gasteiger partial charge in [0.2, 0.25) is 0 Å². The summed E-state index contributed by atoms with van der Waals surface area (Å²) in [6.45, 7) is 5.08. The van der Waals surface area contributed by atoms with E-state index in [2.05, 4.69) is 10.2 Å². The lowest BCUT2D eigenvalue weighted by atomic mass is 9.75. The highest BCUT2D eigenvalue weighted by atomic mass is 16.5. The summed E-state index contributed by atoms with van der Waals surface area (Å²) in [6.07, 6.45) is 3.68. The Hall–Kier alpha value is -0.610. The molecule has 0 aromatic carbocycles. The van der Waals surface area contributed by atoms with Gasteiger partial charge < -0.3 is 10.1 Å². The Balaban J connectivity index is 1.87. The number of methoxy groups -OCH3 is 1. The van der Waals surface area contributed by atoms with Gasteiger partial charge in [-0.1, -0.05) is 6.42 Å². The van der Waals surface area contributed by atoms with Crippen LogP contribution in [0.1, 0.15) is 19.3 Å². The van der Waals surface area contributed by atoms with Crippen LogP contribution in [0.5, 0.6) is 0 Å². The molecule has 1 N–H and O–H groups in total. The average Bonchev–Trinajstić information content (AvgIpc) is 2.26. The van der Waals surface area contributed by atoms with Gasteiger partial charge in [-0.25, -0.2) is 0 Å². The summed E-state index contributed by atoms with van der Waals surface area (Å²) in [5, 5.41) is 3.33.